The van der Waals surface area contributed by atoms with Gasteiger partial charge in [-0.1, -0.05) is 65.7 Å². The van der Waals surface area contributed by atoms with Crippen molar-refractivity contribution in [3.8, 4) is 28.3 Å². The third-order valence-corrected chi connectivity index (χ3v) is 17.3. The van der Waals surface area contributed by atoms with Crippen molar-refractivity contribution in [2.75, 3.05) is 31.9 Å². The predicted octanol–water partition coefficient (Wildman–Crippen LogP) is 9.87. The van der Waals surface area contributed by atoms with Crippen LogP contribution in [0.15, 0.2) is 42.5 Å². The van der Waals surface area contributed by atoms with Crippen molar-refractivity contribution in [3.05, 3.63) is 59.9 Å². The molecule has 0 N–H and O–H groups in total. The molecule has 0 radical (unpaired) electrons. The quantitative estimate of drug-likeness (QED) is 0.0770. The zero-order valence-electron chi connectivity index (χ0n) is 32.6. The van der Waals surface area contributed by atoms with E-state index in [4.69, 9.17) is 14.2 Å². The number of carbonyl (C=O) groups is 1. The van der Waals surface area contributed by atoms with Crippen LogP contribution in [0.3, 0.4) is 0 Å². The Morgan fingerprint density at radius 2 is 1.60 bits per heavy atom. The van der Waals surface area contributed by atoms with Crippen LogP contribution in [0.1, 0.15) is 80.7 Å². The number of hydrogen-bond acceptors (Lipinski definition) is 7. The zero-order chi connectivity index (χ0) is 38.4. The van der Waals surface area contributed by atoms with Gasteiger partial charge in [0.05, 0.1) is 12.1 Å². The Hall–Kier alpha value is -4.27. The SMILES string of the molecule is COCOc1cc(-c2ccc3c(N4C[C@H]5CC[C@@H](C4)N5C(=O)OC(C)(C)C)nc(F)nc3c2F)c2c(C#C[Si](C(C)C)(C(C)C)C(C)C)cccc2c1. The molecule has 11 heteroatoms. The third kappa shape index (κ3) is 7.32. The maximum absolute atomic E-state index is 17.1. The van der Waals surface area contributed by atoms with Gasteiger partial charge in [-0.05, 0) is 85.5 Å². The third-order valence-electron chi connectivity index (χ3n) is 11.0. The minimum atomic E-state index is -2.09. The average Bonchev–Trinajstić information content (AvgIpc) is 3.35. The molecule has 282 valence electrons. The number of halogens is 2. The molecule has 0 unspecified atom stereocenters. The molecular formula is C42H52F2N4O4Si. The van der Waals surface area contributed by atoms with E-state index in [9.17, 15) is 4.79 Å². The van der Waals surface area contributed by atoms with Crippen LogP contribution in [0.4, 0.5) is 19.4 Å². The highest BCUT2D eigenvalue weighted by Gasteiger charge is 2.45. The van der Waals surface area contributed by atoms with Crippen molar-refractivity contribution in [2.45, 2.75) is 109 Å². The fourth-order valence-electron chi connectivity index (χ4n) is 8.79. The molecule has 2 aliphatic heterocycles. The summed E-state index contributed by atoms with van der Waals surface area (Å²) in [6, 6.07) is 12.8. The van der Waals surface area contributed by atoms with E-state index in [0.29, 0.717) is 52.2 Å². The number of hydrogen-bond donors (Lipinski definition) is 0. The van der Waals surface area contributed by atoms with Gasteiger partial charge in [-0.25, -0.2) is 9.18 Å². The number of carbonyl (C=O) groups excluding carboxylic acids is 1. The number of benzene rings is 3. The molecule has 2 atom stereocenters. The van der Waals surface area contributed by atoms with Crippen LogP contribution in [0.5, 0.6) is 5.75 Å². The molecule has 3 aromatic carbocycles. The van der Waals surface area contributed by atoms with E-state index in [0.717, 1.165) is 29.2 Å². The fraction of sp³-hybridized carbons (Fsp3) is 0.500. The van der Waals surface area contributed by atoms with Crippen molar-refractivity contribution in [3.63, 3.8) is 0 Å². The first-order chi connectivity index (χ1) is 25.0. The first-order valence-electron chi connectivity index (χ1n) is 18.7. The van der Waals surface area contributed by atoms with Crippen LogP contribution in [-0.2, 0) is 9.47 Å². The molecule has 1 amide bonds. The van der Waals surface area contributed by atoms with E-state index in [-0.39, 0.29) is 36.1 Å². The molecule has 0 aliphatic carbocycles. The lowest BCUT2D eigenvalue weighted by Crippen LogP contribution is -2.57. The number of fused-ring (bicyclic) bond motifs is 4. The van der Waals surface area contributed by atoms with Gasteiger partial charge < -0.3 is 19.1 Å². The van der Waals surface area contributed by atoms with Crippen molar-refractivity contribution in [1.82, 2.24) is 14.9 Å². The van der Waals surface area contributed by atoms with E-state index >= 15 is 8.78 Å². The summed E-state index contributed by atoms with van der Waals surface area (Å²) in [5.41, 5.74) is 6.03. The van der Waals surface area contributed by atoms with Gasteiger partial charge in [0.25, 0.3) is 0 Å². The molecule has 3 heterocycles. The zero-order valence-corrected chi connectivity index (χ0v) is 33.6. The smallest absolute Gasteiger partial charge is 0.410 e. The Morgan fingerprint density at radius 3 is 2.21 bits per heavy atom. The van der Waals surface area contributed by atoms with E-state index in [2.05, 4.69) is 63.0 Å². The van der Waals surface area contributed by atoms with Crippen molar-refractivity contribution in [2.24, 2.45) is 0 Å². The van der Waals surface area contributed by atoms with E-state index in [1.54, 1.807) is 30.2 Å². The van der Waals surface area contributed by atoms with E-state index in [1.807, 2.05) is 49.9 Å². The van der Waals surface area contributed by atoms with Crippen molar-refractivity contribution >= 4 is 41.7 Å². The van der Waals surface area contributed by atoms with Crippen LogP contribution in [0, 0.1) is 23.4 Å². The number of piperazine rings is 1. The van der Waals surface area contributed by atoms with Crippen molar-refractivity contribution < 1.29 is 27.8 Å². The first kappa shape index (κ1) is 38.5. The fourth-order valence-corrected chi connectivity index (χ4v) is 14.0. The summed E-state index contributed by atoms with van der Waals surface area (Å²) in [7, 11) is -0.551. The number of rotatable bonds is 8. The van der Waals surface area contributed by atoms with E-state index in [1.165, 1.54) is 0 Å². The summed E-state index contributed by atoms with van der Waals surface area (Å²) < 4.78 is 49.2. The van der Waals surface area contributed by atoms with Crippen molar-refractivity contribution in [1.29, 1.82) is 0 Å². The second kappa shape index (κ2) is 14.9. The molecule has 4 aromatic rings. The van der Waals surface area contributed by atoms with Crippen LogP contribution in [-0.4, -0.2) is 73.7 Å². The Kier molecular flexibility index (Phi) is 10.8. The van der Waals surface area contributed by atoms with Gasteiger partial charge in [0.15, 0.2) is 12.6 Å². The van der Waals surface area contributed by atoms with Gasteiger partial charge in [-0.3, -0.25) is 4.90 Å². The minimum Gasteiger partial charge on any atom is -0.468 e. The van der Waals surface area contributed by atoms with Gasteiger partial charge in [0.1, 0.15) is 30.8 Å². The normalized spacial score (nSPS) is 17.6. The topological polar surface area (TPSA) is 77.0 Å². The summed E-state index contributed by atoms with van der Waals surface area (Å²) in [6.07, 6.45) is 0.215. The monoisotopic (exact) mass is 742 g/mol. The highest BCUT2D eigenvalue weighted by Crippen LogP contribution is 2.43. The van der Waals surface area contributed by atoms with E-state index < -0.39 is 25.6 Å². The summed E-state index contributed by atoms with van der Waals surface area (Å²) in [5, 5.41) is 2.01. The van der Waals surface area contributed by atoms with Gasteiger partial charge in [-0.15, -0.1) is 5.54 Å². The van der Waals surface area contributed by atoms with Gasteiger partial charge >= 0.3 is 12.2 Å². The number of nitrogens with zero attached hydrogens (tertiary/aromatic N) is 4. The Morgan fingerprint density at radius 1 is 0.943 bits per heavy atom. The molecule has 1 aromatic heterocycles. The molecule has 8 nitrogen and oxygen atoms in total. The molecular weight excluding hydrogens is 691 g/mol. The van der Waals surface area contributed by atoms with Crippen LogP contribution >= 0.6 is 0 Å². The standard InChI is InChI=1S/C42H52F2N4O4Si/c1-25(2)53(26(3)4,27(5)6)19-18-28-12-11-13-29-20-32(51-24-50-10)21-35(36(28)29)33-16-17-34-38(37(33)43)45-40(44)46-39(34)47-22-30-14-15-31(23-47)48(30)41(49)52-42(7,8)9/h11-13,16-17,20-21,25-27,30-31H,14-15,22-24H2,1-10H3/t30-,31+. The molecule has 2 bridgehead atoms. The van der Waals surface area contributed by atoms with Crippen LogP contribution < -0.4 is 9.64 Å². The summed E-state index contributed by atoms with van der Waals surface area (Å²) >= 11 is 0. The summed E-state index contributed by atoms with van der Waals surface area (Å²) in [6.45, 7) is 20.1. The first-order valence-corrected chi connectivity index (χ1v) is 20.9. The molecule has 0 saturated carbocycles. The predicted molar refractivity (Wildman–Crippen MR) is 210 cm³/mol. The maximum atomic E-state index is 17.1. The Labute approximate surface area is 313 Å². The van der Waals surface area contributed by atoms with Gasteiger partial charge in [0, 0.05) is 42.1 Å². The Bertz CT molecular complexity index is 2050. The van der Waals surface area contributed by atoms with Crippen LogP contribution in [0.25, 0.3) is 32.8 Å². The molecule has 2 fully saturated rings. The lowest BCUT2D eigenvalue weighted by Gasteiger charge is -2.42. The molecule has 6 rings (SSSR count). The number of aromatic nitrogens is 2. The molecule has 2 saturated heterocycles. The highest BCUT2D eigenvalue weighted by molar-refractivity contribution is 6.90. The van der Waals surface area contributed by atoms with Crippen LogP contribution in [0.2, 0.25) is 16.6 Å². The minimum absolute atomic E-state index is 0.0148. The van der Waals surface area contributed by atoms with Gasteiger partial charge in [-0.2, -0.15) is 14.4 Å². The largest absolute Gasteiger partial charge is 0.468 e. The lowest BCUT2D eigenvalue weighted by atomic mass is 9.93. The average molecular weight is 743 g/mol. The number of anilines is 1. The Balaban J connectivity index is 1.48. The molecule has 2 aliphatic rings. The maximum Gasteiger partial charge on any atom is 0.410 e. The highest BCUT2D eigenvalue weighted by atomic mass is 28.3. The number of amides is 1. The summed E-state index contributed by atoms with van der Waals surface area (Å²) in [5.74, 6) is 3.74. The summed E-state index contributed by atoms with van der Waals surface area (Å²) in [4.78, 5) is 25.1. The van der Waals surface area contributed by atoms with Gasteiger partial charge in [0.2, 0.25) is 0 Å². The molecule has 0 spiro atoms. The second-order valence-corrected chi connectivity index (χ2v) is 22.0. The number of methoxy groups -OCH3 is 1. The molecule has 53 heavy (non-hydrogen) atoms. The number of ether oxygens (including phenoxy) is 3. The second-order valence-electron chi connectivity index (χ2n) is 16.4. The lowest BCUT2D eigenvalue weighted by molar-refractivity contribution is 0.0122.